The highest BCUT2D eigenvalue weighted by molar-refractivity contribution is 6.35. The van der Waals surface area contributed by atoms with E-state index in [1.807, 2.05) is 43.3 Å². The number of nitro groups is 1. The van der Waals surface area contributed by atoms with Gasteiger partial charge in [0.15, 0.2) is 0 Å². The van der Waals surface area contributed by atoms with Gasteiger partial charge in [0, 0.05) is 37.6 Å². The number of hydrogen-bond acceptors (Lipinski definition) is 8. The van der Waals surface area contributed by atoms with E-state index in [1.165, 1.54) is 18.2 Å². The number of rotatable bonds is 6. The molecule has 0 saturated heterocycles. The summed E-state index contributed by atoms with van der Waals surface area (Å²) in [5.74, 6) is -1.70. The molecule has 1 aromatic heterocycles. The SMILES string of the molecule is CN(C)c1nc(NC2CCC(NC(=O)c3cccc([N+](=O)[O-])c3Cl)CC2)nc2ccccc12.O=C(O)C(F)(F)F. The fourth-order valence-electron chi connectivity index (χ4n) is 4.13. The summed E-state index contributed by atoms with van der Waals surface area (Å²) in [5.41, 5.74) is 0.727. The van der Waals surface area contributed by atoms with Gasteiger partial charge in [-0.2, -0.15) is 18.2 Å². The maximum absolute atomic E-state index is 12.6. The molecular weight excluding hydrogens is 557 g/mol. The van der Waals surface area contributed by atoms with Gasteiger partial charge in [-0.15, -0.1) is 0 Å². The van der Waals surface area contributed by atoms with Crippen LogP contribution in [0, 0.1) is 10.1 Å². The van der Waals surface area contributed by atoms with E-state index in [1.54, 1.807) is 0 Å². The molecule has 40 heavy (non-hydrogen) atoms. The van der Waals surface area contributed by atoms with Crippen molar-refractivity contribution in [3.63, 3.8) is 0 Å². The largest absolute Gasteiger partial charge is 0.490 e. The molecule has 0 atom stereocenters. The monoisotopic (exact) mass is 582 g/mol. The summed E-state index contributed by atoms with van der Waals surface area (Å²) in [6.45, 7) is 0. The Morgan fingerprint density at radius 2 is 1.65 bits per heavy atom. The predicted octanol–water partition coefficient (Wildman–Crippen LogP) is 5.04. The number of alkyl halides is 3. The molecular formula is C25H26ClF3N6O5. The first kappa shape index (κ1) is 30.3. The Morgan fingerprint density at radius 1 is 1.05 bits per heavy atom. The Kier molecular flexibility index (Phi) is 9.69. The Balaban J connectivity index is 0.000000559. The van der Waals surface area contributed by atoms with Crippen LogP contribution in [-0.4, -0.2) is 64.2 Å². The van der Waals surface area contributed by atoms with Crippen molar-refractivity contribution in [2.75, 3.05) is 24.3 Å². The minimum atomic E-state index is -5.08. The van der Waals surface area contributed by atoms with Crippen molar-refractivity contribution >= 4 is 51.8 Å². The zero-order valence-corrected chi connectivity index (χ0v) is 22.2. The molecule has 1 heterocycles. The van der Waals surface area contributed by atoms with Crippen LogP contribution in [0.3, 0.4) is 0 Å². The second-order valence-corrected chi connectivity index (χ2v) is 9.53. The van der Waals surface area contributed by atoms with Gasteiger partial charge >= 0.3 is 12.1 Å². The van der Waals surface area contributed by atoms with Gasteiger partial charge < -0.3 is 20.6 Å². The highest BCUT2D eigenvalue weighted by Gasteiger charge is 2.38. The van der Waals surface area contributed by atoms with Crippen molar-refractivity contribution in [3.8, 4) is 0 Å². The zero-order chi connectivity index (χ0) is 29.6. The molecule has 1 fully saturated rings. The molecule has 11 nitrogen and oxygen atoms in total. The number of amides is 1. The number of nitrogens with one attached hydrogen (secondary N) is 2. The topological polar surface area (TPSA) is 151 Å². The lowest BCUT2D eigenvalue weighted by Gasteiger charge is -2.30. The van der Waals surface area contributed by atoms with Crippen molar-refractivity contribution < 1.29 is 32.8 Å². The second-order valence-electron chi connectivity index (χ2n) is 9.15. The highest BCUT2D eigenvalue weighted by Crippen LogP contribution is 2.29. The summed E-state index contributed by atoms with van der Waals surface area (Å²) < 4.78 is 31.7. The van der Waals surface area contributed by atoms with E-state index in [9.17, 15) is 28.1 Å². The lowest BCUT2D eigenvalue weighted by molar-refractivity contribution is -0.384. The second kappa shape index (κ2) is 12.8. The molecule has 3 N–H and O–H groups in total. The first-order valence-electron chi connectivity index (χ1n) is 12.0. The van der Waals surface area contributed by atoms with Crippen LogP contribution in [0.15, 0.2) is 42.5 Å². The minimum Gasteiger partial charge on any atom is -0.475 e. The molecule has 2 aromatic carbocycles. The molecule has 214 valence electrons. The number of nitro benzene ring substituents is 1. The number of nitrogens with zero attached hydrogens (tertiary/aromatic N) is 4. The third-order valence-electron chi connectivity index (χ3n) is 6.06. The van der Waals surface area contributed by atoms with Crippen molar-refractivity contribution in [2.45, 2.75) is 43.9 Å². The van der Waals surface area contributed by atoms with Gasteiger partial charge in [0.25, 0.3) is 11.6 Å². The molecule has 0 spiro atoms. The molecule has 1 amide bonds. The first-order valence-corrected chi connectivity index (χ1v) is 12.4. The Labute approximate surface area is 231 Å². The van der Waals surface area contributed by atoms with Crippen LogP contribution in [-0.2, 0) is 4.79 Å². The van der Waals surface area contributed by atoms with Gasteiger partial charge in [-0.1, -0.05) is 29.8 Å². The number of halogens is 4. The van der Waals surface area contributed by atoms with E-state index >= 15 is 0 Å². The summed E-state index contributed by atoms with van der Waals surface area (Å²) in [6, 6.07) is 12.3. The van der Waals surface area contributed by atoms with Crippen LogP contribution < -0.4 is 15.5 Å². The van der Waals surface area contributed by atoms with Gasteiger partial charge in [0.05, 0.1) is 16.0 Å². The molecule has 0 aliphatic heterocycles. The zero-order valence-electron chi connectivity index (χ0n) is 21.4. The Bertz CT molecular complexity index is 1400. The molecule has 3 aromatic rings. The van der Waals surface area contributed by atoms with E-state index in [-0.39, 0.29) is 28.4 Å². The third kappa shape index (κ3) is 7.68. The van der Waals surface area contributed by atoms with Crippen molar-refractivity contribution in [1.82, 2.24) is 15.3 Å². The lowest BCUT2D eigenvalue weighted by Crippen LogP contribution is -2.40. The van der Waals surface area contributed by atoms with Crippen LogP contribution in [0.5, 0.6) is 0 Å². The van der Waals surface area contributed by atoms with E-state index in [0.29, 0.717) is 5.95 Å². The predicted molar refractivity (Wildman–Crippen MR) is 143 cm³/mol. The van der Waals surface area contributed by atoms with Gasteiger partial charge in [0.2, 0.25) is 5.95 Å². The Hall–Kier alpha value is -4.20. The molecule has 1 saturated carbocycles. The highest BCUT2D eigenvalue weighted by atomic mass is 35.5. The van der Waals surface area contributed by atoms with E-state index in [2.05, 4.69) is 15.6 Å². The number of carboxylic acids is 1. The number of para-hydroxylation sites is 1. The van der Waals surface area contributed by atoms with Crippen LogP contribution in [0.2, 0.25) is 5.02 Å². The summed E-state index contributed by atoms with van der Waals surface area (Å²) in [6.07, 6.45) is -1.88. The fourth-order valence-corrected chi connectivity index (χ4v) is 4.41. The number of aliphatic carboxylic acids is 1. The van der Waals surface area contributed by atoms with Crippen molar-refractivity contribution in [3.05, 3.63) is 63.2 Å². The number of benzene rings is 2. The Morgan fingerprint density at radius 3 is 2.23 bits per heavy atom. The van der Waals surface area contributed by atoms with Crippen LogP contribution in [0.4, 0.5) is 30.6 Å². The number of carbonyl (C=O) groups is 2. The smallest absolute Gasteiger partial charge is 0.475 e. The third-order valence-corrected chi connectivity index (χ3v) is 6.46. The van der Waals surface area contributed by atoms with Crippen molar-refractivity contribution in [2.24, 2.45) is 0 Å². The number of carbonyl (C=O) groups excluding carboxylic acids is 1. The lowest BCUT2D eigenvalue weighted by atomic mass is 9.91. The molecule has 0 radical (unpaired) electrons. The average molecular weight is 583 g/mol. The minimum absolute atomic E-state index is 0.0271. The van der Waals surface area contributed by atoms with Crippen LogP contribution >= 0.6 is 11.6 Å². The van der Waals surface area contributed by atoms with E-state index in [4.69, 9.17) is 26.5 Å². The van der Waals surface area contributed by atoms with Gasteiger partial charge in [-0.05, 0) is 43.9 Å². The summed E-state index contributed by atoms with van der Waals surface area (Å²) in [7, 11) is 3.92. The van der Waals surface area contributed by atoms with E-state index in [0.717, 1.165) is 42.4 Å². The number of anilines is 2. The van der Waals surface area contributed by atoms with Gasteiger partial charge in [-0.3, -0.25) is 14.9 Å². The summed E-state index contributed by atoms with van der Waals surface area (Å²) in [5, 5.41) is 25.5. The normalized spacial score (nSPS) is 16.9. The molecule has 0 unspecified atom stereocenters. The maximum Gasteiger partial charge on any atom is 0.490 e. The molecule has 1 aliphatic carbocycles. The van der Waals surface area contributed by atoms with Crippen LogP contribution in [0.1, 0.15) is 36.0 Å². The number of carboxylic acid groups (broad SMARTS) is 1. The molecule has 4 rings (SSSR count). The van der Waals surface area contributed by atoms with E-state index < -0.39 is 23.0 Å². The van der Waals surface area contributed by atoms with Gasteiger partial charge in [0.1, 0.15) is 10.8 Å². The fraction of sp³-hybridized carbons (Fsp3) is 0.360. The average Bonchev–Trinajstić information content (AvgIpc) is 2.89. The molecule has 0 bridgehead atoms. The molecule has 1 aliphatic rings. The number of aromatic nitrogens is 2. The quantitative estimate of drug-likeness (QED) is 0.268. The number of fused-ring (bicyclic) bond motifs is 1. The molecule has 15 heteroatoms. The van der Waals surface area contributed by atoms with Crippen LogP contribution in [0.25, 0.3) is 10.9 Å². The summed E-state index contributed by atoms with van der Waals surface area (Å²) >= 11 is 6.08. The maximum atomic E-state index is 12.6. The van der Waals surface area contributed by atoms with Crippen molar-refractivity contribution in [1.29, 1.82) is 0 Å². The summed E-state index contributed by atoms with van der Waals surface area (Å²) in [4.78, 5) is 43.4. The standard InChI is InChI=1S/C23H25ClN6O3.C2HF3O2/c1-29(2)21-16-6-3-4-8-18(16)27-23(28-21)26-15-12-10-14(11-13-15)25-22(31)17-7-5-9-19(20(17)24)30(32)33;3-2(4,5)1(6)7/h3-9,14-15H,10-13H2,1-2H3,(H,25,31)(H,26,27,28);(H,6,7). The number of hydrogen-bond donors (Lipinski definition) is 3. The van der Waals surface area contributed by atoms with Gasteiger partial charge in [-0.25, -0.2) is 9.78 Å². The first-order chi connectivity index (χ1) is 18.8.